The third-order valence-corrected chi connectivity index (χ3v) is 3.97. The smallest absolute Gasteiger partial charge is 0.324 e. The highest BCUT2D eigenvalue weighted by molar-refractivity contribution is 7.17. The van der Waals surface area contributed by atoms with Gasteiger partial charge in [-0.05, 0) is 17.5 Å². The molecule has 0 unspecified atom stereocenters. The summed E-state index contributed by atoms with van der Waals surface area (Å²) in [6, 6.07) is 12.7. The van der Waals surface area contributed by atoms with Gasteiger partial charge in [-0.3, -0.25) is 14.9 Å². The summed E-state index contributed by atoms with van der Waals surface area (Å²) in [6.45, 7) is 2.51. The molecule has 0 bridgehead atoms. The maximum atomic E-state index is 11.9. The topological polar surface area (TPSA) is 72.2 Å². The minimum atomic E-state index is -0.492. The fourth-order valence-corrected chi connectivity index (χ4v) is 2.52. The molecule has 1 heterocycles. The molecular weight excluding hydrogens is 276 g/mol. The lowest BCUT2D eigenvalue weighted by Crippen LogP contribution is -2.26. The first-order valence-electron chi connectivity index (χ1n) is 6.15. The van der Waals surface area contributed by atoms with Gasteiger partial charge in [0.1, 0.15) is 0 Å². The molecule has 0 aliphatic carbocycles. The molecule has 20 heavy (non-hydrogen) atoms. The Balaban J connectivity index is 1.93. The van der Waals surface area contributed by atoms with Gasteiger partial charge < -0.3 is 5.32 Å². The van der Waals surface area contributed by atoms with Gasteiger partial charge in [0.2, 0.25) is 0 Å². The number of amides is 1. The van der Waals surface area contributed by atoms with Crippen molar-refractivity contribution in [2.75, 3.05) is 6.54 Å². The van der Waals surface area contributed by atoms with E-state index in [0.717, 1.165) is 16.9 Å². The molecule has 0 saturated heterocycles. The molecule has 0 aliphatic heterocycles. The van der Waals surface area contributed by atoms with E-state index in [0.29, 0.717) is 11.4 Å². The van der Waals surface area contributed by atoms with Crippen molar-refractivity contribution in [1.29, 1.82) is 0 Å². The Hall–Kier alpha value is -2.21. The zero-order valence-corrected chi connectivity index (χ0v) is 11.7. The van der Waals surface area contributed by atoms with Crippen molar-refractivity contribution in [3.63, 3.8) is 0 Å². The van der Waals surface area contributed by atoms with Crippen LogP contribution in [0.3, 0.4) is 0 Å². The summed E-state index contributed by atoms with van der Waals surface area (Å²) >= 11 is 0.885. The van der Waals surface area contributed by atoms with Gasteiger partial charge in [0.15, 0.2) is 0 Å². The van der Waals surface area contributed by atoms with Crippen LogP contribution in [-0.4, -0.2) is 17.4 Å². The number of nitrogens with one attached hydrogen (secondary N) is 1. The second-order valence-corrected chi connectivity index (χ2v) is 5.48. The Labute approximate surface area is 120 Å². The summed E-state index contributed by atoms with van der Waals surface area (Å²) in [5.41, 5.74) is 1.14. The van der Waals surface area contributed by atoms with E-state index in [-0.39, 0.29) is 16.8 Å². The van der Waals surface area contributed by atoms with Gasteiger partial charge in [-0.25, -0.2) is 0 Å². The number of hydrogen-bond donors (Lipinski definition) is 1. The van der Waals surface area contributed by atoms with Crippen LogP contribution in [0.1, 0.15) is 28.1 Å². The number of nitro groups is 1. The van der Waals surface area contributed by atoms with E-state index >= 15 is 0 Å². The number of benzene rings is 1. The van der Waals surface area contributed by atoms with Crippen molar-refractivity contribution in [3.05, 3.63) is 63.0 Å². The first-order chi connectivity index (χ1) is 9.58. The molecule has 1 amide bonds. The molecule has 0 fully saturated rings. The summed E-state index contributed by atoms with van der Waals surface area (Å²) in [5, 5.41) is 13.3. The normalized spacial score (nSPS) is 11.8. The van der Waals surface area contributed by atoms with Crippen LogP contribution in [0, 0.1) is 10.1 Å². The second-order valence-electron chi connectivity index (χ2n) is 4.42. The van der Waals surface area contributed by atoms with Crippen LogP contribution < -0.4 is 5.32 Å². The van der Waals surface area contributed by atoms with Crippen molar-refractivity contribution < 1.29 is 9.72 Å². The molecule has 104 valence electrons. The Morgan fingerprint density at radius 3 is 2.60 bits per heavy atom. The Morgan fingerprint density at radius 1 is 1.30 bits per heavy atom. The molecular formula is C14H14N2O3S. The summed E-state index contributed by atoms with van der Waals surface area (Å²) < 4.78 is 0. The van der Waals surface area contributed by atoms with Gasteiger partial charge in [0.25, 0.3) is 5.91 Å². The molecule has 0 spiro atoms. The van der Waals surface area contributed by atoms with Crippen LogP contribution in [-0.2, 0) is 0 Å². The molecule has 0 aliphatic rings. The van der Waals surface area contributed by atoms with Gasteiger partial charge in [0.05, 0.1) is 9.80 Å². The average molecular weight is 290 g/mol. The van der Waals surface area contributed by atoms with Crippen LogP contribution in [0.2, 0.25) is 0 Å². The minimum absolute atomic E-state index is 0.0220. The van der Waals surface area contributed by atoms with E-state index in [1.807, 2.05) is 37.3 Å². The number of rotatable bonds is 5. The molecule has 5 nitrogen and oxygen atoms in total. The fourth-order valence-electron chi connectivity index (χ4n) is 1.78. The van der Waals surface area contributed by atoms with Crippen LogP contribution in [0.15, 0.2) is 42.5 Å². The summed E-state index contributed by atoms with van der Waals surface area (Å²) in [6.07, 6.45) is 0. The lowest BCUT2D eigenvalue weighted by atomic mass is 10.0. The number of carbonyl (C=O) groups is 1. The number of thiophene rings is 1. The minimum Gasteiger partial charge on any atom is -0.351 e. The lowest BCUT2D eigenvalue weighted by molar-refractivity contribution is -0.380. The maximum absolute atomic E-state index is 11.9. The SMILES string of the molecule is C[C@@H](CNC(=O)c1ccc([N+](=O)[O-])s1)c1ccccc1. The van der Waals surface area contributed by atoms with E-state index in [4.69, 9.17) is 0 Å². The largest absolute Gasteiger partial charge is 0.351 e. The van der Waals surface area contributed by atoms with Crippen molar-refractivity contribution in [1.82, 2.24) is 5.32 Å². The van der Waals surface area contributed by atoms with Crippen LogP contribution >= 0.6 is 11.3 Å². The maximum Gasteiger partial charge on any atom is 0.324 e. The molecule has 2 aromatic rings. The Bertz CT molecular complexity index is 610. The van der Waals surface area contributed by atoms with Gasteiger partial charge in [-0.1, -0.05) is 48.6 Å². The van der Waals surface area contributed by atoms with E-state index < -0.39 is 4.92 Å². The zero-order chi connectivity index (χ0) is 14.5. The number of carbonyl (C=O) groups excluding carboxylic acids is 1. The van der Waals surface area contributed by atoms with E-state index in [2.05, 4.69) is 5.32 Å². The molecule has 1 aromatic heterocycles. The highest BCUT2D eigenvalue weighted by atomic mass is 32.1. The van der Waals surface area contributed by atoms with Crippen molar-refractivity contribution >= 4 is 22.2 Å². The highest BCUT2D eigenvalue weighted by Gasteiger charge is 2.15. The Morgan fingerprint density at radius 2 is 2.00 bits per heavy atom. The van der Waals surface area contributed by atoms with Crippen molar-refractivity contribution in [2.45, 2.75) is 12.8 Å². The molecule has 1 aromatic carbocycles. The van der Waals surface area contributed by atoms with Gasteiger partial charge in [-0.15, -0.1) is 0 Å². The van der Waals surface area contributed by atoms with E-state index in [1.165, 1.54) is 12.1 Å². The predicted octanol–water partition coefficient (Wildman–Crippen LogP) is 3.19. The quantitative estimate of drug-likeness (QED) is 0.679. The van der Waals surface area contributed by atoms with Crippen LogP contribution in [0.4, 0.5) is 5.00 Å². The van der Waals surface area contributed by atoms with Crippen LogP contribution in [0.5, 0.6) is 0 Å². The molecule has 1 atom stereocenters. The lowest BCUT2D eigenvalue weighted by Gasteiger charge is -2.12. The first kappa shape index (κ1) is 14.2. The second kappa shape index (κ2) is 6.29. The average Bonchev–Trinajstić information content (AvgIpc) is 2.95. The van der Waals surface area contributed by atoms with Gasteiger partial charge in [0, 0.05) is 12.6 Å². The van der Waals surface area contributed by atoms with Crippen molar-refractivity contribution in [3.8, 4) is 0 Å². The Kier molecular flexibility index (Phi) is 4.47. The fraction of sp³-hybridized carbons (Fsp3) is 0.214. The standard InChI is InChI=1S/C14H14N2O3S/c1-10(11-5-3-2-4-6-11)9-15-14(17)12-7-8-13(20-12)16(18)19/h2-8,10H,9H2,1H3,(H,15,17)/t10-/m0/s1. The first-order valence-corrected chi connectivity index (χ1v) is 6.97. The number of nitrogens with zero attached hydrogens (tertiary/aromatic N) is 1. The third kappa shape index (κ3) is 3.42. The predicted molar refractivity (Wildman–Crippen MR) is 78.2 cm³/mol. The molecule has 2 rings (SSSR count). The summed E-state index contributed by atoms with van der Waals surface area (Å²) in [4.78, 5) is 22.3. The van der Waals surface area contributed by atoms with Gasteiger partial charge >= 0.3 is 5.00 Å². The number of hydrogen-bond acceptors (Lipinski definition) is 4. The van der Waals surface area contributed by atoms with Crippen molar-refractivity contribution in [2.24, 2.45) is 0 Å². The van der Waals surface area contributed by atoms with E-state index in [9.17, 15) is 14.9 Å². The zero-order valence-electron chi connectivity index (χ0n) is 10.9. The van der Waals surface area contributed by atoms with Crippen LogP contribution in [0.25, 0.3) is 0 Å². The molecule has 0 saturated carbocycles. The summed E-state index contributed by atoms with van der Waals surface area (Å²) in [5.74, 6) is -0.0824. The van der Waals surface area contributed by atoms with E-state index in [1.54, 1.807) is 0 Å². The highest BCUT2D eigenvalue weighted by Crippen LogP contribution is 2.23. The van der Waals surface area contributed by atoms with Gasteiger partial charge in [-0.2, -0.15) is 0 Å². The third-order valence-electron chi connectivity index (χ3n) is 2.93. The summed E-state index contributed by atoms with van der Waals surface area (Å²) in [7, 11) is 0. The monoisotopic (exact) mass is 290 g/mol. The molecule has 1 N–H and O–H groups in total. The molecule has 6 heteroatoms. The molecule has 0 radical (unpaired) electrons.